The Hall–Kier alpha value is -1.17. The van der Waals surface area contributed by atoms with E-state index in [9.17, 15) is 0 Å². The molecule has 0 saturated carbocycles. The van der Waals surface area contributed by atoms with Crippen LogP contribution in [0.15, 0.2) is 29.2 Å². The molecule has 0 aliphatic carbocycles. The number of fused-ring (bicyclic) bond motifs is 1. The maximum atomic E-state index is 4.56. The van der Waals surface area contributed by atoms with E-state index in [4.69, 9.17) is 0 Å². The smallest absolute Gasteiger partial charge is 0.122 e. The minimum atomic E-state index is 0.593. The van der Waals surface area contributed by atoms with Gasteiger partial charge in [0.2, 0.25) is 0 Å². The molecule has 2 aromatic rings. The third kappa shape index (κ3) is 3.77. The molecule has 1 aliphatic rings. The summed E-state index contributed by atoms with van der Waals surface area (Å²) in [4.78, 5) is 9.56. The fourth-order valence-electron chi connectivity index (χ4n) is 3.12. The Bertz CT molecular complexity index is 575. The van der Waals surface area contributed by atoms with Gasteiger partial charge >= 0.3 is 0 Å². The Kier molecular flexibility index (Phi) is 4.96. The van der Waals surface area contributed by atoms with E-state index in [1.807, 2.05) is 6.20 Å². The Balaban J connectivity index is 1.74. The van der Waals surface area contributed by atoms with E-state index >= 15 is 0 Å². The van der Waals surface area contributed by atoms with E-state index in [-0.39, 0.29) is 0 Å². The molecule has 0 amide bonds. The predicted molar refractivity (Wildman–Crippen MR) is 91.9 cm³/mol. The van der Waals surface area contributed by atoms with E-state index in [0.717, 1.165) is 32.7 Å². The highest BCUT2D eigenvalue weighted by molar-refractivity contribution is 7.07. The third-order valence-corrected chi connectivity index (χ3v) is 5.28. The second-order valence-electron chi connectivity index (χ2n) is 6.70. The summed E-state index contributed by atoms with van der Waals surface area (Å²) >= 11 is 1.78. The number of aromatic nitrogens is 2. The van der Waals surface area contributed by atoms with Gasteiger partial charge in [-0.25, -0.2) is 4.98 Å². The highest BCUT2D eigenvalue weighted by Crippen LogP contribution is 2.19. The van der Waals surface area contributed by atoms with Crippen LogP contribution in [-0.2, 0) is 19.6 Å². The lowest BCUT2D eigenvalue weighted by atomic mass is 10.1. The third-order valence-electron chi connectivity index (χ3n) is 4.55. The van der Waals surface area contributed by atoms with Crippen molar-refractivity contribution in [3.63, 3.8) is 0 Å². The summed E-state index contributed by atoms with van der Waals surface area (Å²) in [6, 6.07) is 2.83. The monoisotopic (exact) mass is 318 g/mol. The SMILES string of the molecule is CC(C)N(C)C[C@@H]1CN(Cc2ccsc2)Cc2nccn2C1. The van der Waals surface area contributed by atoms with E-state index in [1.165, 1.54) is 11.4 Å². The second kappa shape index (κ2) is 6.94. The number of imidazole rings is 1. The molecule has 0 spiro atoms. The molecule has 3 rings (SSSR count). The predicted octanol–water partition coefficient (Wildman–Crippen LogP) is 2.92. The molecule has 0 radical (unpaired) electrons. The summed E-state index contributed by atoms with van der Waals surface area (Å²) in [7, 11) is 2.23. The molecule has 0 saturated heterocycles. The van der Waals surface area contributed by atoms with Gasteiger partial charge in [-0.15, -0.1) is 0 Å². The zero-order chi connectivity index (χ0) is 15.5. The quantitative estimate of drug-likeness (QED) is 0.847. The van der Waals surface area contributed by atoms with Gasteiger partial charge in [0, 0.05) is 50.5 Å². The van der Waals surface area contributed by atoms with Crippen molar-refractivity contribution in [2.24, 2.45) is 5.92 Å². The van der Waals surface area contributed by atoms with Crippen molar-refractivity contribution in [2.75, 3.05) is 20.1 Å². The minimum absolute atomic E-state index is 0.593. The summed E-state index contributed by atoms with van der Waals surface area (Å²) in [5, 5.41) is 4.42. The van der Waals surface area contributed by atoms with Crippen LogP contribution in [0.4, 0.5) is 0 Å². The Morgan fingerprint density at radius 3 is 3.00 bits per heavy atom. The summed E-state index contributed by atoms with van der Waals surface area (Å²) < 4.78 is 2.34. The molecule has 120 valence electrons. The van der Waals surface area contributed by atoms with Crippen molar-refractivity contribution in [3.8, 4) is 0 Å². The summed E-state index contributed by atoms with van der Waals surface area (Å²) in [5.74, 6) is 1.84. The largest absolute Gasteiger partial charge is 0.333 e. The Morgan fingerprint density at radius 2 is 2.27 bits per heavy atom. The first-order chi connectivity index (χ1) is 10.6. The normalized spacial score (nSPS) is 19.6. The fourth-order valence-corrected chi connectivity index (χ4v) is 3.78. The van der Waals surface area contributed by atoms with E-state index < -0.39 is 0 Å². The first-order valence-electron chi connectivity index (χ1n) is 8.05. The van der Waals surface area contributed by atoms with Gasteiger partial charge in [0.25, 0.3) is 0 Å². The van der Waals surface area contributed by atoms with Crippen molar-refractivity contribution < 1.29 is 0 Å². The Morgan fingerprint density at radius 1 is 1.41 bits per heavy atom. The van der Waals surface area contributed by atoms with Crippen LogP contribution >= 0.6 is 11.3 Å². The first-order valence-corrected chi connectivity index (χ1v) is 8.99. The molecular formula is C17H26N4S. The molecular weight excluding hydrogens is 292 g/mol. The van der Waals surface area contributed by atoms with Gasteiger partial charge in [-0.2, -0.15) is 11.3 Å². The van der Waals surface area contributed by atoms with Gasteiger partial charge in [0.05, 0.1) is 6.54 Å². The zero-order valence-electron chi connectivity index (χ0n) is 13.8. The number of rotatable bonds is 5. The van der Waals surface area contributed by atoms with Crippen LogP contribution in [0, 0.1) is 5.92 Å². The molecule has 0 unspecified atom stereocenters. The first kappa shape index (κ1) is 15.7. The lowest BCUT2D eigenvalue weighted by Crippen LogP contribution is -2.37. The molecule has 0 N–H and O–H groups in total. The summed E-state index contributed by atoms with van der Waals surface area (Å²) in [5.41, 5.74) is 1.42. The van der Waals surface area contributed by atoms with E-state index in [0.29, 0.717) is 12.0 Å². The average Bonchev–Trinajstić information content (AvgIpc) is 3.08. The van der Waals surface area contributed by atoms with Crippen LogP contribution in [0.1, 0.15) is 25.2 Å². The van der Waals surface area contributed by atoms with Crippen LogP contribution in [-0.4, -0.2) is 45.5 Å². The molecule has 1 atom stereocenters. The van der Waals surface area contributed by atoms with Crippen molar-refractivity contribution in [1.82, 2.24) is 19.4 Å². The Labute approximate surface area is 137 Å². The van der Waals surface area contributed by atoms with Crippen LogP contribution in [0.3, 0.4) is 0 Å². The van der Waals surface area contributed by atoms with Crippen LogP contribution < -0.4 is 0 Å². The van der Waals surface area contributed by atoms with Crippen molar-refractivity contribution in [2.45, 2.75) is 39.5 Å². The van der Waals surface area contributed by atoms with Gasteiger partial charge in [0.15, 0.2) is 0 Å². The van der Waals surface area contributed by atoms with Gasteiger partial charge in [0.1, 0.15) is 5.82 Å². The molecule has 4 nitrogen and oxygen atoms in total. The molecule has 0 bridgehead atoms. The van der Waals surface area contributed by atoms with Crippen LogP contribution in [0.5, 0.6) is 0 Å². The minimum Gasteiger partial charge on any atom is -0.333 e. The molecule has 0 fully saturated rings. The van der Waals surface area contributed by atoms with Gasteiger partial charge in [-0.3, -0.25) is 4.90 Å². The van der Waals surface area contributed by atoms with E-state index in [2.05, 4.69) is 63.3 Å². The number of hydrogen-bond acceptors (Lipinski definition) is 4. The van der Waals surface area contributed by atoms with Crippen molar-refractivity contribution in [3.05, 3.63) is 40.6 Å². The lowest BCUT2D eigenvalue weighted by Gasteiger charge is -2.29. The number of hydrogen-bond donors (Lipinski definition) is 0. The maximum Gasteiger partial charge on any atom is 0.122 e. The van der Waals surface area contributed by atoms with Crippen LogP contribution in [0.2, 0.25) is 0 Å². The highest BCUT2D eigenvalue weighted by atomic mass is 32.1. The summed E-state index contributed by atoms with van der Waals surface area (Å²) in [6.45, 7) is 9.85. The zero-order valence-corrected chi connectivity index (χ0v) is 14.6. The fraction of sp³-hybridized carbons (Fsp3) is 0.588. The molecule has 22 heavy (non-hydrogen) atoms. The lowest BCUT2D eigenvalue weighted by molar-refractivity contribution is 0.166. The van der Waals surface area contributed by atoms with Crippen molar-refractivity contribution >= 4 is 11.3 Å². The van der Waals surface area contributed by atoms with Crippen molar-refractivity contribution in [1.29, 1.82) is 0 Å². The average molecular weight is 318 g/mol. The van der Waals surface area contributed by atoms with Crippen LogP contribution in [0.25, 0.3) is 0 Å². The number of nitrogens with zero attached hydrogens (tertiary/aromatic N) is 4. The van der Waals surface area contributed by atoms with E-state index in [1.54, 1.807) is 11.3 Å². The topological polar surface area (TPSA) is 24.3 Å². The second-order valence-corrected chi connectivity index (χ2v) is 7.48. The molecule has 0 aromatic carbocycles. The van der Waals surface area contributed by atoms with Gasteiger partial charge < -0.3 is 9.47 Å². The maximum absolute atomic E-state index is 4.56. The molecule has 1 aliphatic heterocycles. The summed E-state index contributed by atoms with van der Waals surface area (Å²) in [6.07, 6.45) is 4.07. The standard InChI is InChI=1S/C17H26N4S/c1-14(2)19(3)8-16-10-20(9-15-4-7-22-13-15)12-17-18-5-6-21(17)11-16/h4-7,13-14,16H,8-12H2,1-3H3/t16-/m1/s1. The van der Waals surface area contributed by atoms with Gasteiger partial charge in [-0.05, 0) is 43.3 Å². The van der Waals surface area contributed by atoms with Gasteiger partial charge in [-0.1, -0.05) is 0 Å². The number of thiophene rings is 1. The highest BCUT2D eigenvalue weighted by Gasteiger charge is 2.24. The molecule has 5 heteroatoms. The molecule has 3 heterocycles. The molecule has 2 aromatic heterocycles.